The molecular weight excluding hydrogens is 431 g/mol. The van der Waals surface area contributed by atoms with Gasteiger partial charge in [-0.3, -0.25) is 0 Å². The Hall–Kier alpha value is -2.09. The van der Waals surface area contributed by atoms with Crippen LogP contribution < -0.4 is 15.9 Å². The number of hydrogen-bond acceptors (Lipinski definition) is 2. The molecule has 1 fully saturated rings. The van der Waals surface area contributed by atoms with Gasteiger partial charge in [-0.1, -0.05) is 0 Å². The van der Waals surface area contributed by atoms with Gasteiger partial charge in [0.15, 0.2) is 0 Å². The molecule has 0 saturated heterocycles. The van der Waals surface area contributed by atoms with E-state index in [1.54, 1.807) is 0 Å². The minimum absolute atomic E-state index is 0.0706. The molecular formula is C24H22BrO2P. The number of Topliss-reactive ketones (excluding diaryl/α,β-unsaturated/α-hetero) is 2. The standard InChI is InChI=1S/C24H22BrO2P/c25-28(19-10-4-1-5-11-19,20-12-6-2-7-13-20,21-14-8-3-9-15-21)18-22-23(26)16-17-24(22)27/h1-15,22H,16-18H2. The first kappa shape index (κ1) is 19.2. The SMILES string of the molecule is O=C1CCC(=O)C1CP(Br)(c1ccccc1)(c1ccccc1)c1ccccc1. The first-order chi connectivity index (χ1) is 13.5. The minimum atomic E-state index is -3.22. The second kappa shape index (κ2) is 7.39. The summed E-state index contributed by atoms with van der Waals surface area (Å²) in [5, 5.41) is 0.194. The van der Waals surface area contributed by atoms with Crippen molar-refractivity contribution >= 4 is 48.3 Å². The summed E-state index contributed by atoms with van der Waals surface area (Å²) in [6.45, 7) is 0. The quantitative estimate of drug-likeness (QED) is 0.425. The molecule has 0 unspecified atom stereocenters. The second-order valence-corrected chi connectivity index (χ2v) is 16.3. The van der Waals surface area contributed by atoms with Crippen LogP contribution in [0.25, 0.3) is 0 Å². The Labute approximate surface area is 173 Å². The number of rotatable bonds is 5. The van der Waals surface area contributed by atoms with Crippen LogP contribution in [0.5, 0.6) is 0 Å². The zero-order chi connectivity index (χ0) is 19.6. The molecule has 0 atom stereocenters. The van der Waals surface area contributed by atoms with E-state index in [4.69, 9.17) is 0 Å². The summed E-state index contributed by atoms with van der Waals surface area (Å²) in [7, 11) is 0. The number of carbonyl (C=O) groups is 2. The molecule has 0 spiro atoms. The van der Waals surface area contributed by atoms with E-state index in [9.17, 15) is 9.59 Å². The number of hydrogen-bond donors (Lipinski definition) is 0. The van der Waals surface area contributed by atoms with Crippen LogP contribution in [0.15, 0.2) is 91.0 Å². The Kier molecular flexibility index (Phi) is 5.07. The Morgan fingerprint density at radius 2 is 0.964 bits per heavy atom. The molecule has 4 rings (SSSR count). The number of halogens is 1. The topological polar surface area (TPSA) is 34.1 Å². The van der Waals surface area contributed by atoms with E-state index in [0.717, 1.165) is 15.9 Å². The predicted octanol–water partition coefficient (Wildman–Crippen LogP) is 4.37. The van der Waals surface area contributed by atoms with E-state index in [1.807, 2.05) is 54.6 Å². The van der Waals surface area contributed by atoms with Gasteiger partial charge < -0.3 is 0 Å². The second-order valence-electron chi connectivity index (χ2n) is 7.36. The van der Waals surface area contributed by atoms with Crippen molar-refractivity contribution in [1.82, 2.24) is 0 Å². The van der Waals surface area contributed by atoms with Gasteiger partial charge in [0.25, 0.3) is 0 Å². The molecule has 3 aromatic rings. The maximum atomic E-state index is 12.7. The van der Waals surface area contributed by atoms with Crippen molar-refractivity contribution in [2.75, 3.05) is 6.16 Å². The van der Waals surface area contributed by atoms with Gasteiger partial charge in [-0.2, -0.15) is 0 Å². The van der Waals surface area contributed by atoms with Crippen molar-refractivity contribution in [3.8, 4) is 0 Å². The van der Waals surface area contributed by atoms with E-state index in [-0.39, 0.29) is 11.6 Å². The van der Waals surface area contributed by atoms with Gasteiger partial charge in [-0.25, -0.2) is 0 Å². The number of ketones is 2. The van der Waals surface area contributed by atoms with Crippen LogP contribution >= 0.6 is 20.8 Å². The zero-order valence-corrected chi connectivity index (χ0v) is 18.0. The Balaban J connectivity index is 2.06. The average molecular weight is 453 g/mol. The fourth-order valence-corrected chi connectivity index (χ4v) is 12.3. The van der Waals surface area contributed by atoms with Crippen LogP contribution in [-0.4, -0.2) is 17.7 Å². The predicted molar refractivity (Wildman–Crippen MR) is 122 cm³/mol. The Bertz CT molecular complexity index is 887. The van der Waals surface area contributed by atoms with Crippen molar-refractivity contribution in [1.29, 1.82) is 0 Å². The molecule has 0 bridgehead atoms. The van der Waals surface area contributed by atoms with Crippen LogP contribution in [-0.2, 0) is 9.59 Å². The van der Waals surface area contributed by atoms with Gasteiger partial charge in [0.05, 0.1) is 0 Å². The number of carbonyl (C=O) groups excluding carboxylic acids is 2. The average Bonchev–Trinajstić information content (AvgIpc) is 3.07. The van der Waals surface area contributed by atoms with Crippen molar-refractivity contribution in [3.63, 3.8) is 0 Å². The first-order valence-corrected chi connectivity index (χ1v) is 13.9. The van der Waals surface area contributed by atoms with Gasteiger partial charge in [0.1, 0.15) is 0 Å². The summed E-state index contributed by atoms with van der Waals surface area (Å²) in [6, 6.07) is 30.9. The van der Waals surface area contributed by atoms with E-state index in [0.29, 0.717) is 19.0 Å². The monoisotopic (exact) mass is 452 g/mol. The van der Waals surface area contributed by atoms with Crippen LogP contribution in [0.4, 0.5) is 0 Å². The molecule has 0 radical (unpaired) electrons. The van der Waals surface area contributed by atoms with Crippen molar-refractivity contribution in [3.05, 3.63) is 91.0 Å². The van der Waals surface area contributed by atoms with E-state index < -0.39 is 11.2 Å². The van der Waals surface area contributed by atoms with Gasteiger partial charge in [-0.15, -0.1) is 0 Å². The molecule has 3 aromatic carbocycles. The summed E-state index contributed by atoms with van der Waals surface area (Å²) in [4.78, 5) is 25.4. The molecule has 4 heteroatoms. The van der Waals surface area contributed by atoms with Gasteiger partial charge in [0, 0.05) is 0 Å². The van der Waals surface area contributed by atoms with E-state index in [1.165, 1.54) is 0 Å². The molecule has 2 nitrogen and oxygen atoms in total. The Morgan fingerprint density at radius 3 is 1.29 bits per heavy atom. The summed E-state index contributed by atoms with van der Waals surface area (Å²) < 4.78 is 0. The van der Waals surface area contributed by atoms with Crippen molar-refractivity contribution in [2.45, 2.75) is 12.8 Å². The van der Waals surface area contributed by atoms with Crippen LogP contribution in [0, 0.1) is 5.92 Å². The summed E-state index contributed by atoms with van der Waals surface area (Å²) >= 11 is 4.31. The maximum absolute atomic E-state index is 12.7. The van der Waals surface area contributed by atoms with Crippen molar-refractivity contribution in [2.24, 2.45) is 5.92 Å². The third kappa shape index (κ3) is 2.98. The van der Waals surface area contributed by atoms with Crippen LogP contribution in [0.2, 0.25) is 0 Å². The van der Waals surface area contributed by atoms with Crippen LogP contribution in [0.1, 0.15) is 12.8 Å². The molecule has 0 amide bonds. The molecule has 1 aliphatic carbocycles. The normalized spacial score (nSPS) is 16.7. The summed E-state index contributed by atoms with van der Waals surface area (Å²) in [6.07, 6.45) is 1.21. The molecule has 0 aromatic heterocycles. The molecule has 1 aliphatic rings. The fourth-order valence-electron chi connectivity index (χ4n) is 4.30. The molecule has 0 N–H and O–H groups in total. The molecule has 28 heavy (non-hydrogen) atoms. The molecule has 0 heterocycles. The number of benzene rings is 3. The first-order valence-electron chi connectivity index (χ1n) is 9.49. The summed E-state index contributed by atoms with van der Waals surface area (Å²) in [5.74, 6) is -0.417. The van der Waals surface area contributed by atoms with Gasteiger partial charge in [0.2, 0.25) is 0 Å². The van der Waals surface area contributed by atoms with E-state index >= 15 is 0 Å². The fraction of sp³-hybridized carbons (Fsp3) is 0.167. The third-order valence-corrected chi connectivity index (χ3v) is 15.5. The van der Waals surface area contributed by atoms with Crippen LogP contribution in [0.3, 0.4) is 0 Å². The third-order valence-electron chi connectivity index (χ3n) is 5.80. The van der Waals surface area contributed by atoms with Gasteiger partial charge in [-0.05, 0) is 0 Å². The molecule has 142 valence electrons. The van der Waals surface area contributed by atoms with E-state index in [2.05, 4.69) is 51.9 Å². The van der Waals surface area contributed by atoms with Crippen molar-refractivity contribution < 1.29 is 9.59 Å². The zero-order valence-electron chi connectivity index (χ0n) is 15.5. The molecule has 1 saturated carbocycles. The van der Waals surface area contributed by atoms with Gasteiger partial charge >= 0.3 is 174 Å². The Morgan fingerprint density at radius 1 is 0.643 bits per heavy atom. The molecule has 0 aliphatic heterocycles. The summed E-state index contributed by atoms with van der Waals surface area (Å²) in [5.41, 5.74) is 0.